The molecule has 1 aliphatic rings. The molecular weight excluding hydrogens is 513 g/mol. The van der Waals surface area contributed by atoms with Gasteiger partial charge in [-0.2, -0.15) is 23.4 Å². The topological polar surface area (TPSA) is 86.4 Å². The number of hydrogen-bond acceptors (Lipinski definition) is 6. The molecule has 2 aromatic heterocycles. The van der Waals surface area contributed by atoms with E-state index in [1.807, 2.05) is 36.5 Å². The van der Waals surface area contributed by atoms with Crippen LogP contribution >= 0.6 is 0 Å². The smallest absolute Gasteiger partial charge is 0.410 e. The number of carbonyl (C=O) groups is 1. The van der Waals surface area contributed by atoms with Gasteiger partial charge in [-0.3, -0.25) is 4.79 Å². The number of methoxy groups -OCH3 is 2. The van der Waals surface area contributed by atoms with Crippen molar-refractivity contribution in [1.29, 1.82) is 0 Å². The molecule has 1 amide bonds. The summed E-state index contributed by atoms with van der Waals surface area (Å²) in [4.78, 5) is 14.6. The summed E-state index contributed by atoms with van der Waals surface area (Å²) in [5.41, 5.74) is 2.24. The predicted molar refractivity (Wildman–Crippen MR) is 137 cm³/mol. The van der Waals surface area contributed by atoms with Crippen molar-refractivity contribution < 1.29 is 27.4 Å². The number of anilines is 1. The van der Waals surface area contributed by atoms with Crippen molar-refractivity contribution in [2.45, 2.75) is 31.2 Å². The van der Waals surface area contributed by atoms with Crippen LogP contribution in [-0.4, -0.2) is 57.8 Å². The molecular formula is C27H27F3N6O3. The number of fused-ring (bicyclic) bond motifs is 1. The van der Waals surface area contributed by atoms with Crippen LogP contribution in [0, 0.1) is 0 Å². The number of benzene rings is 2. The number of rotatable bonds is 7. The van der Waals surface area contributed by atoms with Crippen LogP contribution in [0.4, 0.5) is 19.0 Å². The molecule has 1 N–H and O–H groups in total. The van der Waals surface area contributed by atoms with Crippen LogP contribution in [-0.2, 0) is 6.54 Å². The Morgan fingerprint density at radius 2 is 1.85 bits per heavy atom. The predicted octanol–water partition coefficient (Wildman–Crippen LogP) is 5.02. The summed E-state index contributed by atoms with van der Waals surface area (Å²) in [5.74, 6) is 0.512. The monoisotopic (exact) mass is 540 g/mol. The maximum atomic E-state index is 14.1. The molecule has 39 heavy (non-hydrogen) atoms. The largest absolute Gasteiger partial charge is 0.493 e. The van der Waals surface area contributed by atoms with E-state index < -0.39 is 24.2 Å². The van der Waals surface area contributed by atoms with E-state index in [2.05, 4.69) is 15.5 Å². The summed E-state index contributed by atoms with van der Waals surface area (Å²) in [5, 5.41) is 11.4. The van der Waals surface area contributed by atoms with E-state index >= 15 is 0 Å². The van der Waals surface area contributed by atoms with Gasteiger partial charge in [0.25, 0.3) is 5.91 Å². The van der Waals surface area contributed by atoms with Crippen LogP contribution in [0.2, 0.25) is 0 Å². The fraction of sp³-hybridized carbons (Fsp3) is 0.296. The molecule has 0 radical (unpaired) electrons. The number of amides is 1. The van der Waals surface area contributed by atoms with Gasteiger partial charge in [0.05, 0.1) is 25.9 Å². The molecule has 0 bridgehead atoms. The Labute approximate surface area is 222 Å². The summed E-state index contributed by atoms with van der Waals surface area (Å²) >= 11 is 0. The molecule has 2 aromatic carbocycles. The molecule has 0 saturated carbocycles. The minimum atomic E-state index is -4.57. The third kappa shape index (κ3) is 5.27. The van der Waals surface area contributed by atoms with Gasteiger partial charge < -0.3 is 19.7 Å². The highest BCUT2D eigenvalue weighted by atomic mass is 19.4. The minimum absolute atomic E-state index is 0.0737. The Bertz CT molecular complexity index is 1450. The van der Waals surface area contributed by atoms with Gasteiger partial charge in [-0.25, -0.2) is 9.36 Å². The van der Waals surface area contributed by atoms with Gasteiger partial charge in [0.15, 0.2) is 23.2 Å². The van der Waals surface area contributed by atoms with E-state index in [9.17, 15) is 18.0 Å². The van der Waals surface area contributed by atoms with Crippen molar-refractivity contribution in [2.24, 2.45) is 0 Å². The average molecular weight is 541 g/mol. The summed E-state index contributed by atoms with van der Waals surface area (Å²) in [7, 11) is 4.54. The molecule has 0 fully saturated rings. The first-order valence-corrected chi connectivity index (χ1v) is 12.2. The van der Waals surface area contributed by atoms with Crippen molar-refractivity contribution in [3.8, 4) is 17.2 Å². The maximum absolute atomic E-state index is 14.1. The van der Waals surface area contributed by atoms with E-state index in [0.717, 1.165) is 15.9 Å². The van der Waals surface area contributed by atoms with Gasteiger partial charge in [-0.05, 0) is 41.5 Å². The highest BCUT2D eigenvalue weighted by Crippen LogP contribution is 2.44. The van der Waals surface area contributed by atoms with Crippen molar-refractivity contribution >= 4 is 11.7 Å². The number of aromatic nitrogens is 4. The first kappa shape index (κ1) is 26.1. The van der Waals surface area contributed by atoms with Crippen molar-refractivity contribution in [1.82, 2.24) is 24.5 Å². The third-order valence-electron chi connectivity index (χ3n) is 6.69. The molecule has 204 valence electrons. The first-order valence-electron chi connectivity index (χ1n) is 12.2. The molecule has 0 saturated heterocycles. The lowest BCUT2D eigenvalue weighted by molar-refractivity contribution is -0.173. The fourth-order valence-electron chi connectivity index (χ4n) is 4.68. The average Bonchev–Trinajstić information content (AvgIpc) is 3.62. The molecule has 9 nitrogen and oxygen atoms in total. The van der Waals surface area contributed by atoms with E-state index in [-0.39, 0.29) is 24.5 Å². The third-order valence-corrected chi connectivity index (χ3v) is 6.69. The van der Waals surface area contributed by atoms with Crippen molar-refractivity contribution in [2.75, 3.05) is 26.6 Å². The van der Waals surface area contributed by atoms with Crippen molar-refractivity contribution in [3.63, 3.8) is 0 Å². The second kappa shape index (κ2) is 10.4. The van der Waals surface area contributed by atoms with E-state index in [1.54, 1.807) is 36.1 Å². The number of carbonyl (C=O) groups excluding carboxylic acids is 1. The quantitative estimate of drug-likeness (QED) is 0.354. The molecule has 0 spiro atoms. The van der Waals surface area contributed by atoms with Gasteiger partial charge in [-0.15, -0.1) is 0 Å². The van der Waals surface area contributed by atoms with Gasteiger partial charge in [0.2, 0.25) is 0 Å². The van der Waals surface area contributed by atoms with Crippen LogP contribution in [0.3, 0.4) is 0 Å². The van der Waals surface area contributed by atoms with Crippen molar-refractivity contribution in [3.05, 3.63) is 83.8 Å². The molecule has 12 heteroatoms. The van der Waals surface area contributed by atoms with E-state index in [0.29, 0.717) is 17.1 Å². The molecule has 0 unspecified atom stereocenters. The zero-order valence-corrected chi connectivity index (χ0v) is 21.5. The number of hydrogen-bond donors (Lipinski definition) is 1. The van der Waals surface area contributed by atoms with E-state index in [4.69, 9.17) is 9.47 Å². The van der Waals surface area contributed by atoms with Crippen LogP contribution in [0.15, 0.2) is 67.0 Å². The normalized spacial score (nSPS) is 16.8. The number of halogens is 3. The van der Waals surface area contributed by atoms with Crippen LogP contribution in [0.5, 0.6) is 11.5 Å². The first-order chi connectivity index (χ1) is 18.7. The molecule has 5 rings (SSSR count). The Balaban J connectivity index is 1.37. The zero-order valence-electron chi connectivity index (χ0n) is 21.5. The lowest BCUT2D eigenvalue weighted by Gasteiger charge is -2.33. The molecule has 3 heterocycles. The standard InChI is InChI=1S/C27H27F3N6O3/c1-34(16-17-5-8-19(9-6-17)35-12-4-11-31-35)26(37)21-15-25-32-20(14-24(27(28,29)30)36(25)33-21)18-7-10-22(38-2)23(13-18)39-3/h4-13,15,20,24,32H,14,16H2,1-3H3/t20-,24+/m1/s1. The lowest BCUT2D eigenvalue weighted by Crippen LogP contribution is -2.35. The Morgan fingerprint density at radius 3 is 2.49 bits per heavy atom. The summed E-state index contributed by atoms with van der Waals surface area (Å²) in [6, 6.07) is 13.1. The maximum Gasteiger partial charge on any atom is 0.410 e. The SMILES string of the molecule is COc1ccc([C@H]2C[C@@H](C(F)(F)F)n3nc(C(=O)N(C)Cc4ccc(-n5cccn5)cc4)cc3N2)cc1OC. The van der Waals surface area contributed by atoms with Gasteiger partial charge >= 0.3 is 6.18 Å². The second-order valence-corrected chi connectivity index (χ2v) is 9.24. The van der Waals surface area contributed by atoms with Gasteiger partial charge in [0.1, 0.15) is 5.82 Å². The highest BCUT2D eigenvalue weighted by molar-refractivity contribution is 5.93. The number of alkyl halides is 3. The van der Waals surface area contributed by atoms with Crippen LogP contribution in [0.1, 0.15) is 40.1 Å². The Kier molecular flexibility index (Phi) is 6.94. The number of nitrogens with one attached hydrogen (secondary N) is 1. The molecule has 4 aromatic rings. The Morgan fingerprint density at radius 1 is 1.10 bits per heavy atom. The van der Waals surface area contributed by atoms with Crippen LogP contribution in [0.25, 0.3) is 5.69 Å². The lowest BCUT2D eigenvalue weighted by atomic mass is 9.96. The summed E-state index contributed by atoms with van der Waals surface area (Å²) in [6.07, 6.45) is -1.37. The molecule has 1 aliphatic heterocycles. The van der Waals surface area contributed by atoms with Gasteiger partial charge in [0, 0.05) is 38.5 Å². The van der Waals surface area contributed by atoms with E-state index in [1.165, 1.54) is 25.2 Å². The summed E-state index contributed by atoms with van der Waals surface area (Å²) in [6.45, 7) is 0.255. The number of nitrogens with zero attached hydrogens (tertiary/aromatic N) is 5. The summed E-state index contributed by atoms with van der Waals surface area (Å²) < 4.78 is 55.5. The minimum Gasteiger partial charge on any atom is -0.493 e. The second-order valence-electron chi connectivity index (χ2n) is 9.24. The highest BCUT2D eigenvalue weighted by Gasteiger charge is 2.47. The Hall–Kier alpha value is -4.48. The van der Waals surface area contributed by atoms with Gasteiger partial charge in [-0.1, -0.05) is 18.2 Å². The number of ether oxygens (including phenoxy) is 2. The molecule has 0 aliphatic carbocycles. The zero-order chi connectivity index (χ0) is 27.7. The van der Waals surface area contributed by atoms with Crippen LogP contribution < -0.4 is 14.8 Å². The fourth-order valence-corrected chi connectivity index (χ4v) is 4.68. The molecule has 2 atom stereocenters.